The van der Waals surface area contributed by atoms with Crippen LogP contribution in [-0.4, -0.2) is 14.3 Å². The Morgan fingerprint density at radius 2 is 1.57 bits per heavy atom. The maximum absolute atomic E-state index is 12.7. The van der Waals surface area contributed by atoms with Gasteiger partial charge in [0.15, 0.2) is 0 Å². The summed E-state index contributed by atoms with van der Waals surface area (Å²) in [6.07, 6.45) is 0. The van der Waals surface area contributed by atoms with Crippen LogP contribution in [0.3, 0.4) is 0 Å². The molecule has 0 aromatic heterocycles. The smallest absolute Gasteiger partial charge is 0.261 e. The van der Waals surface area contributed by atoms with E-state index in [1.807, 2.05) is 26.8 Å². The van der Waals surface area contributed by atoms with Crippen LogP contribution in [0.5, 0.6) is 0 Å². The molecular formula is C21H23N3O3S. The highest BCUT2D eigenvalue weighted by molar-refractivity contribution is 7.92. The summed E-state index contributed by atoms with van der Waals surface area (Å²) < 4.78 is 28.0. The van der Waals surface area contributed by atoms with Gasteiger partial charge in [-0.05, 0) is 47.9 Å². The van der Waals surface area contributed by atoms with Gasteiger partial charge in [-0.2, -0.15) is 0 Å². The van der Waals surface area contributed by atoms with Crippen LogP contribution in [0, 0.1) is 5.41 Å². The van der Waals surface area contributed by atoms with E-state index >= 15 is 0 Å². The first kappa shape index (κ1) is 19.7. The molecule has 0 atom stereocenters. The summed E-state index contributed by atoms with van der Waals surface area (Å²) in [5, 5.41) is 4.36. The molecule has 3 rings (SSSR count). The number of fused-ring (bicyclic) bond motifs is 1. The van der Waals surface area contributed by atoms with Crippen molar-refractivity contribution in [3.8, 4) is 0 Å². The van der Waals surface area contributed by atoms with Crippen molar-refractivity contribution in [2.45, 2.75) is 25.7 Å². The van der Waals surface area contributed by atoms with Gasteiger partial charge in [-0.25, -0.2) is 8.42 Å². The fraction of sp³-hybridized carbons (Fsp3) is 0.190. The number of sulfonamides is 1. The SMILES string of the molecule is CC(C)(C)C(=O)Nc1ccc(NS(=O)(=O)c2ccc3c(N)cccc3c2)cc1. The highest BCUT2D eigenvalue weighted by atomic mass is 32.2. The number of nitrogen functional groups attached to an aromatic ring is 1. The van der Waals surface area contributed by atoms with Crippen LogP contribution in [0.25, 0.3) is 10.8 Å². The Hall–Kier alpha value is -3.06. The van der Waals surface area contributed by atoms with Crippen LogP contribution >= 0.6 is 0 Å². The lowest BCUT2D eigenvalue weighted by Crippen LogP contribution is -2.27. The zero-order valence-corrected chi connectivity index (χ0v) is 16.8. The molecule has 3 aromatic carbocycles. The normalized spacial score (nSPS) is 12.0. The van der Waals surface area contributed by atoms with Gasteiger partial charge in [0.25, 0.3) is 10.0 Å². The molecule has 0 heterocycles. The summed E-state index contributed by atoms with van der Waals surface area (Å²) in [6, 6.07) is 16.7. The van der Waals surface area contributed by atoms with Crippen LogP contribution < -0.4 is 15.8 Å². The molecule has 146 valence electrons. The molecule has 0 bridgehead atoms. The second kappa shape index (κ2) is 7.16. The summed E-state index contributed by atoms with van der Waals surface area (Å²) in [7, 11) is -3.75. The van der Waals surface area contributed by atoms with Gasteiger partial charge in [0.2, 0.25) is 5.91 Å². The Balaban J connectivity index is 1.80. The quantitative estimate of drug-likeness (QED) is 0.574. The predicted octanol–water partition coefficient (Wildman–Crippen LogP) is 4.21. The molecule has 6 nitrogen and oxygen atoms in total. The molecule has 0 fully saturated rings. The molecule has 7 heteroatoms. The van der Waals surface area contributed by atoms with E-state index in [4.69, 9.17) is 5.73 Å². The van der Waals surface area contributed by atoms with Gasteiger partial charge in [-0.3, -0.25) is 9.52 Å². The molecule has 0 unspecified atom stereocenters. The van der Waals surface area contributed by atoms with Crippen molar-refractivity contribution in [2.24, 2.45) is 5.41 Å². The number of nitrogens with two attached hydrogens (primary N) is 1. The third kappa shape index (κ3) is 4.26. The van der Waals surface area contributed by atoms with Gasteiger partial charge >= 0.3 is 0 Å². The van der Waals surface area contributed by atoms with Crippen LogP contribution in [0.2, 0.25) is 0 Å². The first-order valence-corrected chi connectivity index (χ1v) is 10.3. The zero-order valence-electron chi connectivity index (χ0n) is 16.0. The molecule has 4 N–H and O–H groups in total. The van der Waals surface area contributed by atoms with Crippen molar-refractivity contribution in [2.75, 3.05) is 15.8 Å². The van der Waals surface area contributed by atoms with Crippen molar-refractivity contribution >= 4 is 43.8 Å². The molecule has 0 saturated carbocycles. The molecular weight excluding hydrogens is 374 g/mol. The Labute approximate surface area is 164 Å². The van der Waals surface area contributed by atoms with E-state index in [0.29, 0.717) is 17.1 Å². The molecule has 0 aliphatic carbocycles. The minimum Gasteiger partial charge on any atom is -0.398 e. The number of benzene rings is 3. The lowest BCUT2D eigenvalue weighted by Gasteiger charge is -2.17. The average Bonchev–Trinajstić information content (AvgIpc) is 2.62. The second-order valence-electron chi connectivity index (χ2n) is 7.62. The summed E-state index contributed by atoms with van der Waals surface area (Å²) in [5.41, 5.74) is 7.01. The van der Waals surface area contributed by atoms with E-state index in [1.165, 1.54) is 6.07 Å². The van der Waals surface area contributed by atoms with Crippen molar-refractivity contribution in [3.05, 3.63) is 60.7 Å². The van der Waals surface area contributed by atoms with Gasteiger partial charge in [0.1, 0.15) is 0 Å². The van der Waals surface area contributed by atoms with E-state index in [-0.39, 0.29) is 10.8 Å². The number of anilines is 3. The summed E-state index contributed by atoms with van der Waals surface area (Å²) >= 11 is 0. The van der Waals surface area contributed by atoms with Crippen LogP contribution in [-0.2, 0) is 14.8 Å². The first-order chi connectivity index (χ1) is 13.1. The first-order valence-electron chi connectivity index (χ1n) is 8.79. The van der Waals surface area contributed by atoms with Gasteiger partial charge in [0.05, 0.1) is 4.90 Å². The lowest BCUT2D eigenvalue weighted by atomic mass is 9.95. The highest BCUT2D eigenvalue weighted by Crippen LogP contribution is 2.26. The van der Waals surface area contributed by atoms with Gasteiger partial charge in [0, 0.05) is 27.9 Å². The number of hydrogen-bond donors (Lipinski definition) is 3. The molecule has 0 spiro atoms. The van der Waals surface area contributed by atoms with Gasteiger partial charge in [-0.1, -0.05) is 39.0 Å². The standard InChI is InChI=1S/C21H23N3O3S/c1-21(2,3)20(25)23-15-7-9-16(10-8-15)24-28(26,27)17-11-12-18-14(13-17)5-4-6-19(18)22/h4-13,24H,22H2,1-3H3,(H,23,25). The van der Waals surface area contributed by atoms with Crippen LogP contribution in [0.15, 0.2) is 65.6 Å². The number of nitrogens with one attached hydrogen (secondary N) is 2. The molecule has 28 heavy (non-hydrogen) atoms. The number of rotatable bonds is 4. The third-order valence-electron chi connectivity index (χ3n) is 4.27. The van der Waals surface area contributed by atoms with E-state index in [0.717, 1.165) is 10.8 Å². The zero-order chi connectivity index (χ0) is 20.5. The van der Waals surface area contributed by atoms with Crippen LogP contribution in [0.1, 0.15) is 20.8 Å². The third-order valence-corrected chi connectivity index (χ3v) is 5.65. The lowest BCUT2D eigenvalue weighted by molar-refractivity contribution is -0.123. The minimum absolute atomic E-state index is 0.115. The van der Waals surface area contributed by atoms with Crippen molar-refractivity contribution in [3.63, 3.8) is 0 Å². The fourth-order valence-corrected chi connectivity index (χ4v) is 3.70. The maximum atomic E-state index is 12.7. The number of amides is 1. The summed E-state index contributed by atoms with van der Waals surface area (Å²) in [6.45, 7) is 5.46. The topological polar surface area (TPSA) is 101 Å². The fourth-order valence-electron chi connectivity index (χ4n) is 2.61. The highest BCUT2D eigenvalue weighted by Gasteiger charge is 2.21. The largest absolute Gasteiger partial charge is 0.398 e. The number of carbonyl (C=O) groups excluding carboxylic acids is 1. The van der Waals surface area contributed by atoms with E-state index < -0.39 is 15.4 Å². The molecule has 0 aliphatic rings. The van der Waals surface area contributed by atoms with E-state index in [9.17, 15) is 13.2 Å². The predicted molar refractivity (Wildman–Crippen MR) is 114 cm³/mol. The van der Waals surface area contributed by atoms with E-state index in [2.05, 4.69) is 10.0 Å². The molecule has 1 amide bonds. The van der Waals surface area contributed by atoms with Gasteiger partial charge in [-0.15, -0.1) is 0 Å². The monoisotopic (exact) mass is 397 g/mol. The maximum Gasteiger partial charge on any atom is 0.261 e. The Bertz CT molecular complexity index is 1130. The summed E-state index contributed by atoms with van der Waals surface area (Å²) in [4.78, 5) is 12.2. The molecule has 0 saturated heterocycles. The molecule has 3 aromatic rings. The molecule has 0 aliphatic heterocycles. The van der Waals surface area contributed by atoms with E-state index in [1.54, 1.807) is 48.5 Å². The number of hydrogen-bond acceptors (Lipinski definition) is 4. The Morgan fingerprint density at radius 1 is 0.929 bits per heavy atom. The summed E-state index contributed by atoms with van der Waals surface area (Å²) in [5.74, 6) is -0.115. The van der Waals surface area contributed by atoms with Gasteiger partial charge < -0.3 is 11.1 Å². The van der Waals surface area contributed by atoms with Crippen molar-refractivity contribution in [1.82, 2.24) is 0 Å². The number of carbonyl (C=O) groups is 1. The Morgan fingerprint density at radius 3 is 2.21 bits per heavy atom. The van der Waals surface area contributed by atoms with Crippen LogP contribution in [0.4, 0.5) is 17.1 Å². The van der Waals surface area contributed by atoms with Crippen molar-refractivity contribution < 1.29 is 13.2 Å². The minimum atomic E-state index is -3.75. The second-order valence-corrected chi connectivity index (χ2v) is 9.30. The average molecular weight is 398 g/mol. The molecule has 0 radical (unpaired) electrons. The van der Waals surface area contributed by atoms with Crippen molar-refractivity contribution in [1.29, 1.82) is 0 Å². The Kier molecular flexibility index (Phi) is 5.04.